The third-order valence-electron chi connectivity index (χ3n) is 3.18. The van der Waals surface area contributed by atoms with Gasteiger partial charge in [0.25, 0.3) is 0 Å². The first-order valence-corrected chi connectivity index (χ1v) is 6.12. The second-order valence-corrected chi connectivity index (χ2v) is 5.00. The molecule has 0 aromatic rings. The molecule has 1 fully saturated rings. The minimum Gasteiger partial charge on any atom is -0.389 e. The quantitative estimate of drug-likeness (QED) is 0.727. The van der Waals surface area contributed by atoms with E-state index in [2.05, 4.69) is 5.32 Å². The molecule has 1 saturated carbocycles. The van der Waals surface area contributed by atoms with Crippen molar-refractivity contribution >= 4 is 11.8 Å². The van der Waals surface area contributed by atoms with Gasteiger partial charge in [-0.25, -0.2) is 0 Å². The number of aliphatic hydroxyl groups is 1. The van der Waals surface area contributed by atoms with E-state index in [4.69, 9.17) is 0 Å². The van der Waals surface area contributed by atoms with E-state index in [0.717, 1.165) is 12.8 Å². The van der Waals surface area contributed by atoms with Crippen molar-refractivity contribution in [2.24, 2.45) is 0 Å². The van der Waals surface area contributed by atoms with Crippen molar-refractivity contribution in [3.8, 4) is 0 Å². The number of nitrogens with one attached hydrogen (secondary N) is 1. The van der Waals surface area contributed by atoms with Crippen LogP contribution in [0, 0.1) is 0 Å². The summed E-state index contributed by atoms with van der Waals surface area (Å²) in [6.45, 7) is 0.339. The number of amides is 2. The standard InChI is InChI=1S/C12H22N2O3/c1-14(2)11(16)5-8-13-10(15)9-12(17)6-3-4-7-12/h17H,3-9H2,1-2H3,(H,13,15). The van der Waals surface area contributed by atoms with Crippen LogP contribution >= 0.6 is 0 Å². The molecular formula is C12H22N2O3. The zero-order valence-electron chi connectivity index (χ0n) is 10.7. The van der Waals surface area contributed by atoms with Crippen molar-refractivity contribution in [2.75, 3.05) is 20.6 Å². The van der Waals surface area contributed by atoms with Gasteiger partial charge in [0, 0.05) is 27.1 Å². The molecule has 0 saturated heterocycles. The Morgan fingerprint density at radius 3 is 2.41 bits per heavy atom. The fourth-order valence-electron chi connectivity index (χ4n) is 2.10. The summed E-state index contributed by atoms with van der Waals surface area (Å²) in [4.78, 5) is 24.3. The maximum Gasteiger partial charge on any atom is 0.223 e. The minimum absolute atomic E-state index is 0.00937. The molecule has 0 aromatic heterocycles. The van der Waals surface area contributed by atoms with Gasteiger partial charge < -0.3 is 15.3 Å². The van der Waals surface area contributed by atoms with Crippen molar-refractivity contribution in [1.82, 2.24) is 10.2 Å². The third kappa shape index (κ3) is 4.73. The van der Waals surface area contributed by atoms with Gasteiger partial charge in [-0.2, -0.15) is 0 Å². The van der Waals surface area contributed by atoms with E-state index in [1.54, 1.807) is 14.1 Å². The number of carbonyl (C=O) groups is 2. The van der Waals surface area contributed by atoms with Crippen LogP contribution in [0.4, 0.5) is 0 Å². The topological polar surface area (TPSA) is 69.6 Å². The highest BCUT2D eigenvalue weighted by molar-refractivity contribution is 5.79. The Balaban J connectivity index is 2.19. The summed E-state index contributed by atoms with van der Waals surface area (Å²) in [5.74, 6) is -0.175. The second-order valence-electron chi connectivity index (χ2n) is 5.00. The molecule has 0 aromatic carbocycles. The Bertz CT molecular complexity index is 283. The van der Waals surface area contributed by atoms with Crippen LogP contribution in [-0.2, 0) is 9.59 Å². The Kier molecular flexibility index (Phi) is 4.93. The number of rotatable bonds is 5. The lowest BCUT2D eigenvalue weighted by Gasteiger charge is -2.21. The van der Waals surface area contributed by atoms with Gasteiger partial charge in [0.2, 0.25) is 11.8 Å². The summed E-state index contributed by atoms with van der Waals surface area (Å²) >= 11 is 0. The summed E-state index contributed by atoms with van der Waals surface area (Å²) in [5, 5.41) is 12.7. The van der Waals surface area contributed by atoms with E-state index in [1.165, 1.54) is 4.90 Å². The molecule has 0 heterocycles. The van der Waals surface area contributed by atoms with E-state index in [-0.39, 0.29) is 18.2 Å². The molecule has 1 aliphatic rings. The first kappa shape index (κ1) is 14.0. The number of hydrogen-bond acceptors (Lipinski definition) is 3. The first-order valence-electron chi connectivity index (χ1n) is 6.12. The van der Waals surface area contributed by atoms with Gasteiger partial charge in [0.05, 0.1) is 12.0 Å². The molecule has 0 unspecified atom stereocenters. The van der Waals surface area contributed by atoms with Crippen LogP contribution in [0.1, 0.15) is 38.5 Å². The Morgan fingerprint density at radius 2 is 1.88 bits per heavy atom. The molecule has 1 rings (SSSR count). The molecule has 0 spiro atoms. The minimum atomic E-state index is -0.810. The van der Waals surface area contributed by atoms with Crippen molar-refractivity contribution in [3.63, 3.8) is 0 Å². The zero-order valence-corrected chi connectivity index (χ0v) is 10.7. The highest BCUT2D eigenvalue weighted by Crippen LogP contribution is 2.32. The summed E-state index contributed by atoms with van der Waals surface area (Å²) < 4.78 is 0. The Morgan fingerprint density at radius 1 is 1.29 bits per heavy atom. The van der Waals surface area contributed by atoms with Crippen molar-refractivity contribution in [3.05, 3.63) is 0 Å². The van der Waals surface area contributed by atoms with Gasteiger partial charge in [-0.3, -0.25) is 9.59 Å². The monoisotopic (exact) mass is 242 g/mol. The van der Waals surface area contributed by atoms with Gasteiger partial charge in [0.15, 0.2) is 0 Å². The van der Waals surface area contributed by atoms with Gasteiger partial charge >= 0.3 is 0 Å². The maximum atomic E-state index is 11.6. The largest absolute Gasteiger partial charge is 0.389 e. The molecule has 0 radical (unpaired) electrons. The smallest absolute Gasteiger partial charge is 0.223 e. The average Bonchev–Trinajstić information content (AvgIpc) is 2.64. The molecule has 0 aliphatic heterocycles. The Hall–Kier alpha value is -1.10. The molecule has 17 heavy (non-hydrogen) atoms. The van der Waals surface area contributed by atoms with E-state index in [0.29, 0.717) is 25.8 Å². The van der Waals surface area contributed by atoms with Crippen LogP contribution in [0.15, 0.2) is 0 Å². The molecule has 98 valence electrons. The summed E-state index contributed by atoms with van der Waals surface area (Å²) in [7, 11) is 3.37. The predicted molar refractivity (Wildman–Crippen MR) is 64.4 cm³/mol. The zero-order chi connectivity index (χ0) is 12.9. The summed E-state index contributed by atoms with van der Waals surface area (Å²) in [5.41, 5.74) is -0.810. The van der Waals surface area contributed by atoms with Crippen LogP contribution in [-0.4, -0.2) is 48.1 Å². The molecule has 2 amide bonds. The summed E-state index contributed by atoms with van der Waals surface area (Å²) in [6.07, 6.45) is 3.85. The number of hydrogen-bond donors (Lipinski definition) is 2. The van der Waals surface area contributed by atoms with E-state index >= 15 is 0 Å². The predicted octanol–water partition coefficient (Wildman–Crippen LogP) is 0.276. The SMILES string of the molecule is CN(C)C(=O)CCNC(=O)CC1(O)CCCC1. The molecule has 2 N–H and O–H groups in total. The number of nitrogens with zero attached hydrogens (tertiary/aromatic N) is 1. The van der Waals surface area contributed by atoms with Crippen molar-refractivity contribution < 1.29 is 14.7 Å². The normalized spacial score (nSPS) is 17.8. The van der Waals surface area contributed by atoms with Gasteiger partial charge in [0.1, 0.15) is 0 Å². The third-order valence-corrected chi connectivity index (χ3v) is 3.18. The summed E-state index contributed by atoms with van der Waals surface area (Å²) in [6, 6.07) is 0. The van der Waals surface area contributed by atoms with Crippen molar-refractivity contribution in [1.29, 1.82) is 0 Å². The molecule has 5 nitrogen and oxygen atoms in total. The maximum absolute atomic E-state index is 11.6. The van der Waals surface area contributed by atoms with E-state index in [9.17, 15) is 14.7 Å². The van der Waals surface area contributed by atoms with Gasteiger partial charge in [-0.1, -0.05) is 12.8 Å². The lowest BCUT2D eigenvalue weighted by atomic mass is 9.98. The Labute approximate surface area is 102 Å². The molecule has 1 aliphatic carbocycles. The lowest BCUT2D eigenvalue weighted by Crippen LogP contribution is -2.36. The van der Waals surface area contributed by atoms with Crippen LogP contribution in [0.3, 0.4) is 0 Å². The van der Waals surface area contributed by atoms with Gasteiger partial charge in [-0.05, 0) is 12.8 Å². The lowest BCUT2D eigenvalue weighted by molar-refractivity contribution is -0.129. The molecule has 5 heteroatoms. The molecular weight excluding hydrogens is 220 g/mol. The highest BCUT2D eigenvalue weighted by Gasteiger charge is 2.33. The second kappa shape index (κ2) is 6.00. The van der Waals surface area contributed by atoms with Crippen LogP contribution in [0.2, 0.25) is 0 Å². The van der Waals surface area contributed by atoms with Gasteiger partial charge in [-0.15, -0.1) is 0 Å². The molecule has 0 atom stereocenters. The number of carbonyl (C=O) groups excluding carboxylic acids is 2. The molecule has 0 bridgehead atoms. The van der Waals surface area contributed by atoms with E-state index < -0.39 is 5.60 Å². The highest BCUT2D eigenvalue weighted by atomic mass is 16.3. The van der Waals surface area contributed by atoms with Crippen LogP contribution in [0.5, 0.6) is 0 Å². The van der Waals surface area contributed by atoms with E-state index in [1.807, 2.05) is 0 Å². The fourth-order valence-corrected chi connectivity index (χ4v) is 2.10. The van der Waals surface area contributed by atoms with Crippen molar-refractivity contribution in [2.45, 2.75) is 44.1 Å². The van der Waals surface area contributed by atoms with Crippen LogP contribution in [0.25, 0.3) is 0 Å². The average molecular weight is 242 g/mol. The van der Waals surface area contributed by atoms with Crippen LogP contribution < -0.4 is 5.32 Å². The first-order chi connectivity index (χ1) is 7.93. The fraction of sp³-hybridized carbons (Fsp3) is 0.833.